The van der Waals surface area contributed by atoms with Gasteiger partial charge >= 0.3 is 0 Å². The first-order valence-corrected chi connectivity index (χ1v) is 3.04. The molecule has 0 fully saturated rings. The van der Waals surface area contributed by atoms with Crippen molar-refractivity contribution in [2.24, 2.45) is 0 Å². The van der Waals surface area contributed by atoms with Crippen LogP contribution in [0.5, 0.6) is 0 Å². The van der Waals surface area contributed by atoms with E-state index in [1.54, 1.807) is 0 Å². The van der Waals surface area contributed by atoms with E-state index in [2.05, 4.69) is 22.6 Å². The van der Waals surface area contributed by atoms with Crippen LogP contribution >= 0.6 is 22.6 Å². The fourth-order valence-corrected chi connectivity index (χ4v) is 0.393. The van der Waals surface area contributed by atoms with E-state index in [4.69, 9.17) is 0 Å². The van der Waals surface area contributed by atoms with Gasteiger partial charge in [0.05, 0.1) is 0 Å². The minimum atomic E-state index is 1.97. The zero-order valence-electron chi connectivity index (χ0n) is 3.69. The Hall–Kier alpha value is 0.210. The third-order valence-electron chi connectivity index (χ3n) is 0.376. The molecule has 0 nitrogen and oxygen atoms in total. The molecule has 0 aromatic heterocycles. The molecule has 0 aliphatic rings. The van der Waals surface area contributed by atoms with Crippen molar-refractivity contribution in [2.75, 3.05) is 0 Å². The molecule has 0 aliphatic carbocycles. The van der Waals surface area contributed by atoms with Crippen molar-refractivity contribution in [3.63, 3.8) is 0 Å². The molecule has 0 radical (unpaired) electrons. The predicted octanol–water partition coefficient (Wildman–Crippen LogP) is 2.51. The summed E-state index contributed by atoms with van der Waals surface area (Å²) in [6.45, 7) is 2.00. The summed E-state index contributed by atoms with van der Waals surface area (Å²) in [5.41, 5.74) is 0. The Balaban J connectivity index is 3.07. The van der Waals surface area contributed by atoms with Crippen LogP contribution in [-0.2, 0) is 0 Å². The molecule has 0 aromatic carbocycles. The Kier molecular flexibility index (Phi) is 5.39. The Bertz CT molecular complexity index is 52.3. The molecule has 0 unspecified atom stereocenters. The van der Waals surface area contributed by atoms with Gasteiger partial charge in [0, 0.05) is 0 Å². The normalized spacial score (nSPS) is 11.7. The molecule has 0 heterocycles. The van der Waals surface area contributed by atoms with E-state index in [1.165, 1.54) is 0 Å². The van der Waals surface area contributed by atoms with Crippen LogP contribution in [0.2, 0.25) is 0 Å². The molecular formula is C5H7I. The van der Waals surface area contributed by atoms with Crippen LogP contribution in [0.4, 0.5) is 0 Å². The lowest BCUT2D eigenvalue weighted by atomic mass is 10.5. The van der Waals surface area contributed by atoms with E-state index in [-0.39, 0.29) is 0 Å². The van der Waals surface area contributed by atoms with Crippen LogP contribution in [0.25, 0.3) is 0 Å². The zero-order valence-corrected chi connectivity index (χ0v) is 5.84. The standard InChI is InChI=1S/C5H7I/c1-2-3-4-5-6/h2-5H,1H3/b3-2-,5-4-. The van der Waals surface area contributed by atoms with Crippen LogP contribution in [-0.4, -0.2) is 0 Å². The molecule has 0 rings (SSSR count). The molecule has 0 aliphatic heterocycles. The Morgan fingerprint density at radius 3 is 2.17 bits per heavy atom. The van der Waals surface area contributed by atoms with Gasteiger partial charge in [0.2, 0.25) is 0 Å². The Labute approximate surface area is 52.1 Å². The van der Waals surface area contributed by atoms with Crippen molar-refractivity contribution in [1.29, 1.82) is 0 Å². The lowest BCUT2D eigenvalue weighted by Gasteiger charge is -1.61. The lowest BCUT2D eigenvalue weighted by molar-refractivity contribution is 1.74. The fraction of sp³-hybridized carbons (Fsp3) is 0.200. The van der Waals surface area contributed by atoms with E-state index in [9.17, 15) is 0 Å². The molecule has 0 saturated heterocycles. The van der Waals surface area contributed by atoms with Gasteiger partial charge in [-0.25, -0.2) is 0 Å². The van der Waals surface area contributed by atoms with E-state index in [1.807, 2.05) is 29.2 Å². The summed E-state index contributed by atoms with van der Waals surface area (Å²) in [6, 6.07) is 0. The molecule has 0 amide bonds. The van der Waals surface area contributed by atoms with Crippen molar-refractivity contribution in [1.82, 2.24) is 0 Å². The summed E-state index contributed by atoms with van der Waals surface area (Å²) >= 11 is 2.18. The topological polar surface area (TPSA) is 0 Å². The molecule has 0 bridgehead atoms. The van der Waals surface area contributed by atoms with Gasteiger partial charge in [-0.15, -0.1) is 0 Å². The number of rotatable bonds is 1. The van der Waals surface area contributed by atoms with E-state index < -0.39 is 0 Å². The predicted molar refractivity (Wildman–Crippen MR) is 38.0 cm³/mol. The molecule has 1 heteroatoms. The summed E-state index contributed by atoms with van der Waals surface area (Å²) in [5.74, 6) is 0. The highest BCUT2D eigenvalue weighted by atomic mass is 127. The summed E-state index contributed by atoms with van der Waals surface area (Å²) in [6.07, 6.45) is 5.97. The van der Waals surface area contributed by atoms with Gasteiger partial charge in [-0.05, 0) is 11.0 Å². The first-order chi connectivity index (χ1) is 2.91. The molecule has 0 aromatic rings. The molecule has 0 saturated carbocycles. The molecule has 0 N–H and O–H groups in total. The Morgan fingerprint density at radius 1 is 1.33 bits per heavy atom. The summed E-state index contributed by atoms with van der Waals surface area (Å²) in [5, 5.41) is 0. The monoisotopic (exact) mass is 194 g/mol. The van der Waals surface area contributed by atoms with Crippen LogP contribution in [0.15, 0.2) is 22.3 Å². The smallest absolute Gasteiger partial charge is 0.0234 e. The summed E-state index contributed by atoms with van der Waals surface area (Å²) in [4.78, 5) is 0. The molecule has 34 valence electrons. The maximum Gasteiger partial charge on any atom is -0.0234 e. The first-order valence-electron chi connectivity index (χ1n) is 1.80. The maximum absolute atomic E-state index is 2.18. The van der Waals surface area contributed by atoms with Gasteiger partial charge < -0.3 is 0 Å². The van der Waals surface area contributed by atoms with Crippen LogP contribution in [0.1, 0.15) is 6.92 Å². The average molecular weight is 194 g/mol. The highest BCUT2D eigenvalue weighted by Gasteiger charge is 1.50. The van der Waals surface area contributed by atoms with Crippen molar-refractivity contribution in [2.45, 2.75) is 6.92 Å². The fourth-order valence-electron chi connectivity index (χ4n) is 0.153. The minimum absolute atomic E-state index is 1.97. The van der Waals surface area contributed by atoms with Gasteiger partial charge in [-0.3, -0.25) is 0 Å². The van der Waals surface area contributed by atoms with Crippen LogP contribution in [0.3, 0.4) is 0 Å². The number of hydrogen-bond donors (Lipinski definition) is 0. The average Bonchev–Trinajstić information content (AvgIpc) is 1.61. The zero-order chi connectivity index (χ0) is 4.83. The highest BCUT2D eigenvalue weighted by molar-refractivity contribution is 14.1. The van der Waals surface area contributed by atoms with E-state index >= 15 is 0 Å². The summed E-state index contributed by atoms with van der Waals surface area (Å²) < 4.78 is 1.97. The highest BCUT2D eigenvalue weighted by Crippen LogP contribution is 1.82. The van der Waals surface area contributed by atoms with Crippen LogP contribution in [0, 0.1) is 0 Å². The van der Waals surface area contributed by atoms with Crippen molar-refractivity contribution < 1.29 is 0 Å². The third-order valence-corrected chi connectivity index (χ3v) is 0.792. The second-order valence-electron chi connectivity index (χ2n) is 0.844. The molecule has 6 heavy (non-hydrogen) atoms. The molecular weight excluding hydrogens is 187 g/mol. The van der Waals surface area contributed by atoms with E-state index in [0.29, 0.717) is 0 Å². The first kappa shape index (κ1) is 6.21. The van der Waals surface area contributed by atoms with Gasteiger partial charge in [0.15, 0.2) is 0 Å². The summed E-state index contributed by atoms with van der Waals surface area (Å²) in [7, 11) is 0. The lowest BCUT2D eigenvalue weighted by Crippen LogP contribution is -1.37. The SMILES string of the molecule is C/C=C\C=C/I. The van der Waals surface area contributed by atoms with Crippen molar-refractivity contribution >= 4 is 22.6 Å². The second-order valence-corrected chi connectivity index (χ2v) is 1.56. The quantitative estimate of drug-likeness (QED) is 0.444. The number of allylic oxidation sites excluding steroid dienone is 3. The second kappa shape index (κ2) is 5.21. The maximum atomic E-state index is 2.18. The van der Waals surface area contributed by atoms with Gasteiger partial charge in [-0.1, -0.05) is 40.8 Å². The number of hydrogen-bond acceptors (Lipinski definition) is 0. The Morgan fingerprint density at radius 2 is 2.00 bits per heavy atom. The van der Waals surface area contributed by atoms with Crippen molar-refractivity contribution in [3.8, 4) is 0 Å². The third kappa shape index (κ3) is 4.21. The minimum Gasteiger partial charge on any atom is -0.0876 e. The van der Waals surface area contributed by atoms with Crippen LogP contribution < -0.4 is 0 Å². The molecule has 0 spiro atoms. The number of halogens is 1. The van der Waals surface area contributed by atoms with Gasteiger partial charge in [0.1, 0.15) is 0 Å². The van der Waals surface area contributed by atoms with E-state index in [0.717, 1.165) is 0 Å². The van der Waals surface area contributed by atoms with Gasteiger partial charge in [0.25, 0.3) is 0 Å². The largest absolute Gasteiger partial charge is 0.0876 e. The van der Waals surface area contributed by atoms with Crippen molar-refractivity contribution in [3.05, 3.63) is 22.3 Å². The van der Waals surface area contributed by atoms with Gasteiger partial charge in [-0.2, -0.15) is 0 Å². The molecule has 0 atom stereocenters.